The monoisotopic (exact) mass is 477 g/mol. The molecule has 0 radical (unpaired) electrons. The summed E-state index contributed by atoms with van der Waals surface area (Å²) in [5.74, 6) is 2.41. The molecule has 0 unspecified atom stereocenters. The van der Waals surface area contributed by atoms with Gasteiger partial charge < -0.3 is 19.5 Å². The molecule has 0 saturated heterocycles. The third-order valence-electron chi connectivity index (χ3n) is 6.37. The molecule has 0 aromatic heterocycles. The molecule has 0 saturated carbocycles. The summed E-state index contributed by atoms with van der Waals surface area (Å²) in [7, 11) is 1.70. The van der Waals surface area contributed by atoms with Crippen LogP contribution in [-0.2, 0) is 19.6 Å². The lowest BCUT2D eigenvalue weighted by molar-refractivity contribution is 0.283. The van der Waals surface area contributed by atoms with Crippen molar-refractivity contribution in [2.45, 2.75) is 25.7 Å². The molecule has 0 bridgehead atoms. The van der Waals surface area contributed by atoms with Crippen LogP contribution in [0.2, 0.25) is 0 Å². The van der Waals surface area contributed by atoms with Crippen LogP contribution in [0.3, 0.4) is 0 Å². The van der Waals surface area contributed by atoms with Gasteiger partial charge in [-0.1, -0.05) is 84.9 Å². The van der Waals surface area contributed by atoms with Crippen molar-refractivity contribution in [1.29, 1.82) is 0 Å². The highest BCUT2D eigenvalue weighted by Gasteiger charge is 2.21. The number of hydrogen-bond acceptors (Lipinski definition) is 4. The maximum absolute atomic E-state index is 6.17. The van der Waals surface area contributed by atoms with Crippen LogP contribution in [-0.4, -0.2) is 13.7 Å². The number of hydrogen-bond donors (Lipinski definition) is 1. The Bertz CT molecular complexity index is 1280. The van der Waals surface area contributed by atoms with Crippen molar-refractivity contribution in [2.24, 2.45) is 0 Å². The smallest absolute Gasteiger partial charge is 0.162 e. The van der Waals surface area contributed by atoms with E-state index in [2.05, 4.69) is 66.0 Å². The molecule has 4 aromatic rings. The van der Waals surface area contributed by atoms with Crippen LogP contribution in [0.1, 0.15) is 33.9 Å². The fourth-order valence-electron chi connectivity index (χ4n) is 4.40. The van der Waals surface area contributed by atoms with Gasteiger partial charge in [-0.2, -0.15) is 0 Å². The standard InChI is InChI=1S/C32H31NO3/c1-34-31-20-27-18-19-33-30(29(27)21-32(31)36-23-26-10-6-3-7-11-26)17-14-24-12-15-28(16-13-24)35-22-25-8-4-2-5-9-25/h2-17,20-21,30,33H,18-19,22-23H2,1H3/b17-14+/t30-/m0/s1. The first-order chi connectivity index (χ1) is 17.8. The molecule has 1 atom stereocenters. The zero-order valence-electron chi connectivity index (χ0n) is 20.5. The highest BCUT2D eigenvalue weighted by Crippen LogP contribution is 2.36. The Kier molecular flexibility index (Phi) is 7.64. The first-order valence-corrected chi connectivity index (χ1v) is 12.3. The zero-order chi connectivity index (χ0) is 24.6. The van der Waals surface area contributed by atoms with Crippen molar-refractivity contribution < 1.29 is 14.2 Å². The van der Waals surface area contributed by atoms with Crippen LogP contribution < -0.4 is 19.5 Å². The van der Waals surface area contributed by atoms with Crippen LogP contribution in [0, 0.1) is 0 Å². The molecular formula is C32H31NO3. The highest BCUT2D eigenvalue weighted by molar-refractivity contribution is 5.55. The molecule has 182 valence electrons. The summed E-state index contributed by atoms with van der Waals surface area (Å²) < 4.78 is 17.7. The molecule has 1 aliphatic heterocycles. The number of rotatable bonds is 9. The second-order valence-corrected chi connectivity index (χ2v) is 8.86. The number of ether oxygens (including phenoxy) is 3. The van der Waals surface area contributed by atoms with Gasteiger partial charge in [0.25, 0.3) is 0 Å². The third kappa shape index (κ3) is 5.96. The van der Waals surface area contributed by atoms with Crippen molar-refractivity contribution in [3.8, 4) is 17.2 Å². The van der Waals surface area contributed by atoms with E-state index in [1.54, 1.807) is 7.11 Å². The van der Waals surface area contributed by atoms with Crippen LogP contribution in [0.5, 0.6) is 17.2 Å². The summed E-state index contributed by atoms with van der Waals surface area (Å²) in [5, 5.41) is 3.63. The Hall–Kier alpha value is -4.02. The van der Waals surface area contributed by atoms with E-state index >= 15 is 0 Å². The summed E-state index contributed by atoms with van der Waals surface area (Å²) in [6.45, 7) is 1.99. The van der Waals surface area contributed by atoms with Gasteiger partial charge in [-0.25, -0.2) is 0 Å². The molecule has 0 spiro atoms. The zero-order valence-corrected chi connectivity index (χ0v) is 20.5. The lowest BCUT2D eigenvalue weighted by atomic mass is 9.93. The van der Waals surface area contributed by atoms with Crippen LogP contribution in [0.15, 0.2) is 103 Å². The van der Waals surface area contributed by atoms with E-state index in [4.69, 9.17) is 14.2 Å². The molecule has 4 heteroatoms. The van der Waals surface area contributed by atoms with Gasteiger partial charge in [-0.15, -0.1) is 0 Å². The molecular weight excluding hydrogens is 446 g/mol. The summed E-state index contributed by atoms with van der Waals surface area (Å²) in [6, 6.07) is 33.0. The van der Waals surface area contributed by atoms with Crippen molar-refractivity contribution >= 4 is 6.08 Å². The van der Waals surface area contributed by atoms with Crippen molar-refractivity contribution in [3.05, 3.63) is 131 Å². The Balaban J connectivity index is 1.27. The van der Waals surface area contributed by atoms with E-state index in [1.165, 1.54) is 11.1 Å². The van der Waals surface area contributed by atoms with Crippen molar-refractivity contribution in [1.82, 2.24) is 5.32 Å². The molecule has 1 aliphatic rings. The van der Waals surface area contributed by atoms with Gasteiger partial charge >= 0.3 is 0 Å². The minimum atomic E-state index is 0.104. The average molecular weight is 478 g/mol. The Morgan fingerprint density at radius 1 is 0.778 bits per heavy atom. The first kappa shape index (κ1) is 23.7. The van der Waals surface area contributed by atoms with Gasteiger partial charge in [0.15, 0.2) is 11.5 Å². The van der Waals surface area contributed by atoms with Gasteiger partial charge in [0, 0.05) is 6.54 Å². The van der Waals surface area contributed by atoms with Gasteiger partial charge in [0.1, 0.15) is 19.0 Å². The summed E-state index contributed by atoms with van der Waals surface area (Å²) in [5.41, 5.74) is 5.93. The molecule has 1 heterocycles. The Morgan fingerprint density at radius 3 is 2.11 bits per heavy atom. The van der Waals surface area contributed by atoms with E-state index in [9.17, 15) is 0 Å². The van der Waals surface area contributed by atoms with Gasteiger partial charge in [-0.3, -0.25) is 0 Å². The fraction of sp³-hybridized carbons (Fsp3) is 0.188. The molecule has 5 rings (SSSR count). The summed E-state index contributed by atoms with van der Waals surface area (Å²) >= 11 is 0. The molecule has 0 fully saturated rings. The molecule has 4 aromatic carbocycles. The van der Waals surface area contributed by atoms with Gasteiger partial charge in [0.05, 0.1) is 13.2 Å². The number of benzene rings is 4. The lowest BCUT2D eigenvalue weighted by Crippen LogP contribution is -2.28. The largest absolute Gasteiger partial charge is 0.493 e. The van der Waals surface area contributed by atoms with Crippen LogP contribution in [0.25, 0.3) is 6.08 Å². The van der Waals surface area contributed by atoms with Crippen molar-refractivity contribution in [3.63, 3.8) is 0 Å². The van der Waals surface area contributed by atoms with E-state index in [0.717, 1.165) is 46.9 Å². The average Bonchev–Trinajstić information content (AvgIpc) is 2.95. The maximum Gasteiger partial charge on any atom is 0.162 e. The van der Waals surface area contributed by atoms with E-state index in [1.807, 2.05) is 48.5 Å². The minimum absolute atomic E-state index is 0.104. The highest BCUT2D eigenvalue weighted by atomic mass is 16.5. The predicted octanol–water partition coefficient (Wildman–Crippen LogP) is 6.75. The van der Waals surface area contributed by atoms with E-state index in [0.29, 0.717) is 13.2 Å². The van der Waals surface area contributed by atoms with Crippen molar-refractivity contribution in [2.75, 3.05) is 13.7 Å². The number of methoxy groups -OCH3 is 1. The minimum Gasteiger partial charge on any atom is -0.493 e. The normalized spacial score (nSPS) is 14.9. The molecule has 1 N–H and O–H groups in total. The summed E-state index contributed by atoms with van der Waals surface area (Å²) in [6.07, 6.45) is 5.33. The maximum atomic E-state index is 6.17. The van der Waals surface area contributed by atoms with E-state index < -0.39 is 0 Å². The van der Waals surface area contributed by atoms with Gasteiger partial charge in [-0.05, 0) is 58.5 Å². The fourth-order valence-corrected chi connectivity index (χ4v) is 4.40. The SMILES string of the molecule is COc1cc2c(cc1OCc1ccccc1)[C@H](/C=C/c1ccc(OCc3ccccc3)cc1)NCC2. The van der Waals surface area contributed by atoms with E-state index in [-0.39, 0.29) is 6.04 Å². The number of nitrogens with one attached hydrogen (secondary N) is 1. The lowest BCUT2D eigenvalue weighted by Gasteiger charge is -2.26. The topological polar surface area (TPSA) is 39.7 Å². The summed E-state index contributed by atoms with van der Waals surface area (Å²) in [4.78, 5) is 0. The molecule has 0 amide bonds. The third-order valence-corrected chi connectivity index (χ3v) is 6.37. The second-order valence-electron chi connectivity index (χ2n) is 8.86. The van der Waals surface area contributed by atoms with Crippen LogP contribution in [0.4, 0.5) is 0 Å². The Labute approximate surface area is 213 Å². The Morgan fingerprint density at radius 2 is 1.44 bits per heavy atom. The van der Waals surface area contributed by atoms with Gasteiger partial charge in [0.2, 0.25) is 0 Å². The molecule has 0 aliphatic carbocycles. The second kappa shape index (κ2) is 11.6. The predicted molar refractivity (Wildman–Crippen MR) is 144 cm³/mol. The quantitative estimate of drug-likeness (QED) is 0.289. The molecule has 4 nitrogen and oxygen atoms in total. The van der Waals surface area contributed by atoms with Crippen LogP contribution >= 0.6 is 0 Å². The first-order valence-electron chi connectivity index (χ1n) is 12.3. The molecule has 36 heavy (non-hydrogen) atoms. The number of fused-ring (bicyclic) bond motifs is 1.